The van der Waals surface area contributed by atoms with Crippen molar-refractivity contribution in [2.45, 2.75) is 118 Å². The van der Waals surface area contributed by atoms with Crippen LogP contribution in [0.1, 0.15) is 135 Å². The zero-order valence-corrected chi connectivity index (χ0v) is 34.5. The predicted molar refractivity (Wildman–Crippen MR) is 230 cm³/mol. The molecule has 5 fully saturated rings. The predicted octanol–water partition coefficient (Wildman–Crippen LogP) is 14.6. The van der Waals surface area contributed by atoms with Crippen molar-refractivity contribution < 1.29 is 0 Å². The Labute approximate surface area is 332 Å². The number of allylic oxidation sites excluding steroid dienone is 8. The Kier molecular flexibility index (Phi) is 7.85. The van der Waals surface area contributed by atoms with Gasteiger partial charge in [0.15, 0.2) is 0 Å². The summed E-state index contributed by atoms with van der Waals surface area (Å²) in [7, 11) is 0. The molecule has 282 valence electrons. The van der Waals surface area contributed by atoms with Gasteiger partial charge in [0.05, 0.1) is 0 Å². The zero-order chi connectivity index (χ0) is 38.1. The highest BCUT2D eigenvalue weighted by atomic mass is 14.9. The lowest BCUT2D eigenvalue weighted by atomic mass is 9.28. The van der Waals surface area contributed by atoms with Crippen LogP contribution in [-0.4, -0.2) is 0 Å². The minimum atomic E-state index is 0.315. The minimum Gasteiger partial charge on any atom is -0.129 e. The summed E-state index contributed by atoms with van der Waals surface area (Å²) in [6, 6.07) is 19.3. The van der Waals surface area contributed by atoms with Gasteiger partial charge in [0.2, 0.25) is 0 Å². The van der Waals surface area contributed by atoms with Crippen LogP contribution in [0.15, 0.2) is 131 Å². The van der Waals surface area contributed by atoms with Gasteiger partial charge in [-0.3, -0.25) is 0 Å². The van der Waals surface area contributed by atoms with Crippen molar-refractivity contribution >= 4 is 11.1 Å². The molecule has 0 aromatic heterocycles. The third kappa shape index (κ3) is 4.38. The van der Waals surface area contributed by atoms with Gasteiger partial charge < -0.3 is 0 Å². The smallest absolute Gasteiger partial charge is 0.0303 e. The third-order valence-electron chi connectivity index (χ3n) is 18.7. The van der Waals surface area contributed by atoms with Gasteiger partial charge in [-0.15, -0.1) is 17.2 Å². The van der Waals surface area contributed by atoms with Crippen LogP contribution < -0.4 is 0 Å². The van der Waals surface area contributed by atoms with Gasteiger partial charge in [-0.25, -0.2) is 0 Å². The van der Waals surface area contributed by atoms with Gasteiger partial charge >= 0.3 is 0 Å². The summed E-state index contributed by atoms with van der Waals surface area (Å²) in [4.78, 5) is 0. The third-order valence-corrected chi connectivity index (χ3v) is 18.7. The Hall–Kier alpha value is -3.78. The van der Waals surface area contributed by atoms with E-state index in [9.17, 15) is 0 Å². The topological polar surface area (TPSA) is 0 Å². The largest absolute Gasteiger partial charge is 0.129 e. The molecule has 0 radical (unpaired) electrons. The molecule has 2 aromatic rings. The van der Waals surface area contributed by atoms with Crippen molar-refractivity contribution in [2.75, 3.05) is 0 Å². The molecule has 6 unspecified atom stereocenters. The normalized spacial score (nSPS) is 40.1. The summed E-state index contributed by atoms with van der Waals surface area (Å²) in [6.45, 7) is 25.6. The van der Waals surface area contributed by atoms with E-state index >= 15 is 0 Å². The van der Waals surface area contributed by atoms with Gasteiger partial charge in [-0.1, -0.05) is 143 Å². The lowest BCUT2D eigenvalue weighted by molar-refractivity contribution is -0.128. The van der Waals surface area contributed by atoms with Crippen LogP contribution >= 0.6 is 0 Å². The molecule has 2 aromatic carbocycles. The lowest BCUT2D eigenvalue weighted by Gasteiger charge is -2.75. The van der Waals surface area contributed by atoms with Crippen molar-refractivity contribution in [3.63, 3.8) is 0 Å². The highest BCUT2D eigenvalue weighted by Crippen LogP contribution is 2.91. The van der Waals surface area contributed by atoms with E-state index in [1.807, 2.05) is 22.3 Å². The van der Waals surface area contributed by atoms with E-state index in [-0.39, 0.29) is 0 Å². The fourth-order valence-electron chi connectivity index (χ4n) is 16.3. The molecule has 10 atom stereocenters. The maximum absolute atomic E-state index is 4.14. The molecule has 0 saturated heterocycles. The first-order chi connectivity index (χ1) is 26.5. The van der Waals surface area contributed by atoms with Gasteiger partial charge in [-0.05, 0) is 157 Å². The summed E-state index contributed by atoms with van der Waals surface area (Å²) in [5.41, 5.74) is 28.6. The summed E-state index contributed by atoms with van der Waals surface area (Å²) in [5, 5.41) is 0. The van der Waals surface area contributed by atoms with E-state index in [0.717, 1.165) is 59.1 Å². The van der Waals surface area contributed by atoms with Crippen LogP contribution in [-0.2, 0) is 0 Å². The molecule has 0 aliphatic heterocycles. The summed E-state index contributed by atoms with van der Waals surface area (Å²) < 4.78 is 0. The van der Waals surface area contributed by atoms with E-state index in [1.54, 1.807) is 5.57 Å². The van der Waals surface area contributed by atoms with E-state index < -0.39 is 0 Å². The Morgan fingerprint density at radius 2 is 1.56 bits per heavy atom. The molecule has 5 saturated carbocycles. The number of fused-ring (bicyclic) bond motifs is 5. The summed E-state index contributed by atoms with van der Waals surface area (Å²) in [6.07, 6.45) is 19.7. The van der Waals surface area contributed by atoms with E-state index in [1.165, 1.54) is 87.3 Å². The second kappa shape index (κ2) is 12.1. The van der Waals surface area contributed by atoms with Crippen LogP contribution in [0.4, 0.5) is 0 Å². The molecule has 8 aliphatic rings. The number of benzene rings is 2. The fraction of sp³-hybridized carbons (Fsp3) is 0.509. The van der Waals surface area contributed by atoms with Crippen molar-refractivity contribution in [3.05, 3.63) is 148 Å². The van der Waals surface area contributed by atoms with Crippen LogP contribution in [0.3, 0.4) is 0 Å². The highest BCUT2D eigenvalue weighted by molar-refractivity contribution is 5.80. The zero-order valence-electron chi connectivity index (χ0n) is 34.5. The second-order valence-corrected chi connectivity index (χ2v) is 20.4. The Bertz CT molecular complexity index is 2250. The monoisotopic (exact) mass is 722 g/mol. The molecule has 0 amide bonds. The first-order valence-electron chi connectivity index (χ1n) is 22.0. The first-order valence-corrected chi connectivity index (χ1v) is 22.0. The molecule has 0 heteroatoms. The maximum atomic E-state index is 4.14. The molecule has 2 spiro atoms. The molecule has 10 rings (SSSR count). The molecule has 0 heterocycles. The van der Waals surface area contributed by atoms with Gasteiger partial charge in [-0.2, -0.15) is 0 Å². The van der Waals surface area contributed by atoms with Crippen LogP contribution in [0, 0.1) is 56.7 Å². The number of rotatable bonds is 7. The van der Waals surface area contributed by atoms with Crippen molar-refractivity contribution in [3.8, 4) is 0 Å². The van der Waals surface area contributed by atoms with Crippen molar-refractivity contribution in [1.29, 1.82) is 0 Å². The Morgan fingerprint density at radius 3 is 2.29 bits per heavy atom. The summed E-state index contributed by atoms with van der Waals surface area (Å²) >= 11 is 0. The molecule has 0 nitrogen and oxygen atoms in total. The van der Waals surface area contributed by atoms with Crippen molar-refractivity contribution in [2.24, 2.45) is 56.7 Å². The Morgan fingerprint density at radius 1 is 0.818 bits per heavy atom. The molecule has 0 bridgehead atoms. The molecule has 55 heavy (non-hydrogen) atoms. The van der Waals surface area contributed by atoms with Crippen molar-refractivity contribution in [1.82, 2.24) is 0 Å². The number of hydrogen-bond acceptors (Lipinski definition) is 0. The molecular formula is C55H62. The van der Waals surface area contributed by atoms with E-state index in [2.05, 4.69) is 132 Å². The van der Waals surface area contributed by atoms with Crippen LogP contribution in [0.2, 0.25) is 0 Å². The minimum absolute atomic E-state index is 0.315. The van der Waals surface area contributed by atoms with Gasteiger partial charge in [0.1, 0.15) is 0 Å². The van der Waals surface area contributed by atoms with Crippen LogP contribution in [0.5, 0.6) is 0 Å². The lowest BCUT2D eigenvalue weighted by Crippen LogP contribution is -2.67. The average Bonchev–Trinajstić information content (AvgIpc) is 3.37. The Balaban J connectivity index is 0.881. The quantitative estimate of drug-likeness (QED) is 0.197. The highest BCUT2D eigenvalue weighted by Gasteiger charge is 2.82. The van der Waals surface area contributed by atoms with Crippen LogP contribution in [0.25, 0.3) is 11.1 Å². The first kappa shape index (κ1) is 35.6. The van der Waals surface area contributed by atoms with Gasteiger partial charge in [0.25, 0.3) is 0 Å². The molecule has 0 N–H and O–H groups in total. The van der Waals surface area contributed by atoms with Gasteiger partial charge in [0, 0.05) is 16.6 Å². The standard InChI is InChI=1S/C55H62/c1-9-37-24-26-52(7)48(30-37)49-34-53(8)45-25-27-54-36(5)46-29-35(4)28-38(32-51(46,6)50(54)31-47(54)44(45)33-55(49,52)53)16-15-19-39(10-2)40-20-22-42(23-21-40)43(11-3)41-17-13-12-14-18-41/h12-14,17-18,20-23,32,35-36,45-46,50H,1-3,15-16,19,24-31,33-34H2,4-8H3/t35-,36?,45-,46+,50?,51?,52+,53?,54?,55?/m1/s1. The SMILES string of the molecule is C=C=C1CC[C@@]2(C)C(=C3CC4(C)[C@@H]5CCC67C(=C5CC342)CC6C2(C)C=C(CCCC(=C=C)c3ccc(C(=C=C)c4ccccc4)cc3)C[C@@H](C)C[C@H]2C7C)C1. The number of hydrogen-bond donors (Lipinski definition) is 0. The maximum Gasteiger partial charge on any atom is 0.0303 e. The molecule has 8 aliphatic carbocycles. The van der Waals surface area contributed by atoms with E-state index in [4.69, 9.17) is 0 Å². The molecular weight excluding hydrogens is 661 g/mol. The van der Waals surface area contributed by atoms with E-state index in [0.29, 0.717) is 27.1 Å². The second-order valence-electron chi connectivity index (χ2n) is 20.4. The summed E-state index contributed by atoms with van der Waals surface area (Å²) in [5.74, 6) is 3.98. The average molecular weight is 723 g/mol. The fourth-order valence-corrected chi connectivity index (χ4v) is 16.3.